The molecule has 3 aromatic rings. The number of thioether (sulfide) groups is 1. The molecule has 4 atom stereocenters. The van der Waals surface area contributed by atoms with Crippen molar-refractivity contribution in [2.24, 2.45) is 0 Å². The second-order valence-corrected chi connectivity index (χ2v) is 12.5. The van der Waals surface area contributed by atoms with Gasteiger partial charge in [0.25, 0.3) is 11.8 Å². The Bertz CT molecular complexity index is 1320. The number of nitrogens with one attached hydrogen (secondary N) is 3. The predicted octanol–water partition coefficient (Wildman–Crippen LogP) is 2.13. The Kier molecular flexibility index (Phi) is 11.3. The molecule has 13 heteroatoms. The second kappa shape index (κ2) is 14.4. The van der Waals surface area contributed by atoms with Gasteiger partial charge in [-0.15, -0.1) is 11.3 Å². The number of benzene rings is 2. The average Bonchev–Trinajstić information content (AvgIpc) is 3.37. The lowest BCUT2D eigenvalue weighted by Gasteiger charge is -2.33. The number of carbonyl (C=O) groups is 2. The maximum absolute atomic E-state index is 13.0. The van der Waals surface area contributed by atoms with Crippen molar-refractivity contribution in [3.63, 3.8) is 0 Å². The normalized spacial score (nSPS) is 14.6. The largest absolute Gasteiger partial charge is 0.388 e. The third-order valence-corrected chi connectivity index (χ3v) is 7.88. The Morgan fingerprint density at radius 2 is 1.54 bits per heavy atom. The third kappa shape index (κ3) is 9.62. The van der Waals surface area contributed by atoms with Crippen LogP contribution < -0.4 is 15.4 Å². The highest BCUT2D eigenvalue weighted by Crippen LogP contribution is 2.19. The van der Waals surface area contributed by atoms with Crippen LogP contribution in [-0.2, 0) is 16.4 Å². The van der Waals surface area contributed by atoms with Gasteiger partial charge in [-0.05, 0) is 42.5 Å². The van der Waals surface area contributed by atoms with Crippen LogP contribution in [-0.4, -0.2) is 78.0 Å². The molecule has 1 heterocycles. The topological polar surface area (TPSA) is 158 Å². The maximum atomic E-state index is 13.0. The van der Waals surface area contributed by atoms with Gasteiger partial charge >= 0.3 is 0 Å². The fourth-order valence-electron chi connectivity index (χ4n) is 3.84. The molecule has 0 saturated heterocycles. The van der Waals surface area contributed by atoms with Gasteiger partial charge in [0.15, 0.2) is 5.13 Å². The Balaban J connectivity index is 1.81. The lowest BCUT2D eigenvalue weighted by molar-refractivity contribution is -0.0224. The molecule has 0 bridgehead atoms. The van der Waals surface area contributed by atoms with Gasteiger partial charge < -0.3 is 20.8 Å². The van der Waals surface area contributed by atoms with E-state index in [0.717, 1.165) is 23.2 Å². The van der Waals surface area contributed by atoms with Gasteiger partial charge in [0.2, 0.25) is 10.0 Å². The molecule has 0 aliphatic heterocycles. The molecule has 2 amide bonds. The Morgan fingerprint density at radius 1 is 0.949 bits per heavy atom. The van der Waals surface area contributed by atoms with E-state index in [9.17, 15) is 28.2 Å². The summed E-state index contributed by atoms with van der Waals surface area (Å²) in [5.41, 5.74) is 1.19. The van der Waals surface area contributed by atoms with Gasteiger partial charge in [0, 0.05) is 10.9 Å². The quantitative estimate of drug-likeness (QED) is 0.191. The molecule has 0 spiro atoms. The van der Waals surface area contributed by atoms with Crippen LogP contribution in [0.3, 0.4) is 0 Å². The van der Waals surface area contributed by atoms with E-state index in [1.807, 2.05) is 36.6 Å². The van der Waals surface area contributed by atoms with Gasteiger partial charge in [-0.3, -0.25) is 14.3 Å². The van der Waals surface area contributed by atoms with Gasteiger partial charge in [0.05, 0.1) is 18.3 Å². The number of hydrogen-bond donors (Lipinski definition) is 5. The number of hydrogen-bond acceptors (Lipinski definition) is 9. The number of nitrogens with zero attached hydrogens (tertiary/aromatic N) is 1. The van der Waals surface area contributed by atoms with Crippen molar-refractivity contribution < 1.29 is 28.2 Å². The predicted molar refractivity (Wildman–Crippen MR) is 155 cm³/mol. The van der Waals surface area contributed by atoms with Crippen LogP contribution >= 0.6 is 23.1 Å². The fourth-order valence-corrected chi connectivity index (χ4v) is 5.87. The van der Waals surface area contributed by atoms with Crippen molar-refractivity contribution in [3.05, 3.63) is 82.9 Å². The number of sulfonamides is 1. The zero-order chi connectivity index (χ0) is 28.4. The zero-order valence-corrected chi connectivity index (χ0v) is 23.9. The molecule has 0 unspecified atom stereocenters. The number of anilines is 1. The van der Waals surface area contributed by atoms with Crippen LogP contribution in [0.25, 0.3) is 0 Å². The minimum Gasteiger partial charge on any atom is -0.388 e. The van der Waals surface area contributed by atoms with Gasteiger partial charge in [-0.25, -0.2) is 13.4 Å². The molecule has 0 fully saturated rings. The fraction of sp³-hybridized carbons (Fsp3) is 0.346. The lowest BCUT2D eigenvalue weighted by Crippen LogP contribution is -2.56. The summed E-state index contributed by atoms with van der Waals surface area (Å²) in [6.07, 6.45) is 0.590. The Hall–Kier alpha value is -2.97. The van der Waals surface area contributed by atoms with Crippen molar-refractivity contribution in [3.8, 4) is 0 Å². The summed E-state index contributed by atoms with van der Waals surface area (Å²) in [6.45, 7) is 0. The van der Waals surface area contributed by atoms with Crippen molar-refractivity contribution >= 4 is 50.1 Å². The van der Waals surface area contributed by atoms with Crippen LogP contribution in [0.2, 0.25) is 0 Å². The van der Waals surface area contributed by atoms with E-state index < -0.39 is 40.2 Å². The standard InChI is InChI=1S/C26H32N4O6S3/c1-37-14-13-19(27-24(33)18-11-7-4-8-12-18)22(31)23(32)20(15-17-9-5-3-6-10-17)28-25(34)21-16-38-26(29-21)30-39(2,35)36/h3-12,16,19-20,22-23,31-32H,13-15H2,1-2H3,(H,27,33)(H,28,34)(H,29,30)/t19-,20+,22-,23-/m1/s1. The molecule has 3 rings (SSSR count). The summed E-state index contributed by atoms with van der Waals surface area (Å²) < 4.78 is 25.2. The summed E-state index contributed by atoms with van der Waals surface area (Å²) >= 11 is 2.48. The Morgan fingerprint density at radius 3 is 2.15 bits per heavy atom. The van der Waals surface area contributed by atoms with E-state index in [1.165, 1.54) is 17.1 Å². The van der Waals surface area contributed by atoms with E-state index >= 15 is 0 Å². The van der Waals surface area contributed by atoms with E-state index in [4.69, 9.17) is 0 Å². The minimum atomic E-state index is -3.57. The molecule has 39 heavy (non-hydrogen) atoms. The van der Waals surface area contributed by atoms with Crippen LogP contribution in [0.5, 0.6) is 0 Å². The van der Waals surface area contributed by atoms with Crippen molar-refractivity contribution in [2.45, 2.75) is 37.1 Å². The second-order valence-electron chi connectivity index (χ2n) is 8.89. The first kappa shape index (κ1) is 30.6. The van der Waals surface area contributed by atoms with Crippen LogP contribution in [0, 0.1) is 0 Å². The molecule has 5 N–H and O–H groups in total. The van der Waals surface area contributed by atoms with Crippen LogP contribution in [0.15, 0.2) is 66.0 Å². The number of aliphatic hydroxyl groups excluding tert-OH is 2. The first-order valence-corrected chi connectivity index (χ1v) is 16.2. The van der Waals surface area contributed by atoms with Gasteiger partial charge in [-0.1, -0.05) is 48.5 Å². The van der Waals surface area contributed by atoms with E-state index in [1.54, 1.807) is 30.3 Å². The minimum absolute atomic E-state index is 0.0311. The zero-order valence-electron chi connectivity index (χ0n) is 21.5. The SMILES string of the molecule is CSCC[C@@H](NC(=O)c1ccccc1)[C@@H](O)[C@H](O)[C@H](Cc1ccccc1)NC(=O)c1csc(NS(C)(=O)=O)n1. The number of rotatable bonds is 14. The highest BCUT2D eigenvalue weighted by atomic mass is 32.2. The first-order chi connectivity index (χ1) is 18.6. The smallest absolute Gasteiger partial charge is 0.271 e. The molecule has 0 radical (unpaired) electrons. The van der Waals surface area contributed by atoms with Crippen molar-refractivity contribution in [1.82, 2.24) is 15.6 Å². The van der Waals surface area contributed by atoms with E-state index in [-0.39, 0.29) is 23.2 Å². The molecule has 0 aliphatic rings. The summed E-state index contributed by atoms with van der Waals surface area (Å²) in [6, 6.07) is 16.0. The summed E-state index contributed by atoms with van der Waals surface area (Å²) in [5.74, 6) is -0.410. The number of amides is 2. The molecular formula is C26H32N4O6S3. The van der Waals surface area contributed by atoms with Crippen molar-refractivity contribution in [1.29, 1.82) is 0 Å². The third-order valence-electron chi connectivity index (χ3n) is 5.78. The number of thiazole rings is 1. The first-order valence-electron chi connectivity index (χ1n) is 12.1. The number of aliphatic hydroxyl groups is 2. The summed E-state index contributed by atoms with van der Waals surface area (Å²) in [4.78, 5) is 29.9. The number of carbonyl (C=O) groups excluding carboxylic acids is 2. The van der Waals surface area contributed by atoms with Crippen LogP contribution in [0.4, 0.5) is 5.13 Å². The lowest BCUT2D eigenvalue weighted by atomic mass is 9.92. The molecule has 2 aromatic carbocycles. The molecule has 0 aliphatic carbocycles. The molecule has 10 nitrogen and oxygen atoms in total. The van der Waals surface area contributed by atoms with E-state index in [0.29, 0.717) is 17.7 Å². The van der Waals surface area contributed by atoms with Crippen molar-refractivity contribution in [2.75, 3.05) is 23.0 Å². The molecule has 1 aromatic heterocycles. The van der Waals surface area contributed by atoms with Crippen LogP contribution in [0.1, 0.15) is 32.8 Å². The van der Waals surface area contributed by atoms with Gasteiger partial charge in [-0.2, -0.15) is 11.8 Å². The Labute approximate surface area is 236 Å². The average molecular weight is 593 g/mol. The summed E-state index contributed by atoms with van der Waals surface area (Å²) in [5, 5.41) is 29.5. The summed E-state index contributed by atoms with van der Waals surface area (Å²) in [7, 11) is -3.57. The molecular weight excluding hydrogens is 561 g/mol. The number of aromatic nitrogens is 1. The molecule has 0 saturated carbocycles. The maximum Gasteiger partial charge on any atom is 0.271 e. The van der Waals surface area contributed by atoms with E-state index in [2.05, 4.69) is 20.3 Å². The monoisotopic (exact) mass is 592 g/mol. The molecule has 210 valence electrons. The highest BCUT2D eigenvalue weighted by Gasteiger charge is 2.34. The highest BCUT2D eigenvalue weighted by molar-refractivity contribution is 7.98. The van der Waals surface area contributed by atoms with Gasteiger partial charge in [0.1, 0.15) is 17.9 Å².